The molecule has 2 heterocycles. The van der Waals surface area contributed by atoms with Crippen LogP contribution in [-0.2, 0) is 0 Å². The number of hydrogen-bond acceptors (Lipinski definition) is 2. The Hall–Kier alpha value is -2.29. The van der Waals surface area contributed by atoms with Gasteiger partial charge >= 0.3 is 0 Å². The second kappa shape index (κ2) is 3.38. The van der Waals surface area contributed by atoms with Crippen molar-refractivity contribution in [3.63, 3.8) is 0 Å². The van der Waals surface area contributed by atoms with Crippen molar-refractivity contribution in [3.05, 3.63) is 54.7 Å². The van der Waals surface area contributed by atoms with Crippen LogP contribution < -0.4 is 0 Å². The van der Waals surface area contributed by atoms with Gasteiger partial charge in [0.1, 0.15) is 11.3 Å². The van der Waals surface area contributed by atoms with Crippen LogP contribution in [0.5, 0.6) is 5.75 Å². The van der Waals surface area contributed by atoms with Crippen LogP contribution in [0.25, 0.3) is 16.8 Å². The molecule has 0 bridgehead atoms. The third-order valence-corrected chi connectivity index (χ3v) is 2.55. The zero-order chi connectivity index (χ0) is 11.0. The van der Waals surface area contributed by atoms with Gasteiger partial charge in [-0.05, 0) is 12.1 Å². The molecule has 0 atom stereocenters. The highest BCUT2D eigenvalue weighted by atomic mass is 16.3. The Balaban J connectivity index is 2.25. The molecule has 0 fully saturated rings. The Labute approximate surface area is 92.6 Å². The van der Waals surface area contributed by atoms with E-state index < -0.39 is 0 Å². The monoisotopic (exact) mass is 210 g/mol. The number of aromatic nitrogens is 2. The van der Waals surface area contributed by atoms with E-state index in [2.05, 4.69) is 5.10 Å². The predicted octanol–water partition coefficient (Wildman–Crippen LogP) is 2.71. The van der Waals surface area contributed by atoms with Crippen molar-refractivity contribution in [2.75, 3.05) is 0 Å². The molecule has 78 valence electrons. The molecule has 0 saturated heterocycles. The van der Waals surface area contributed by atoms with Crippen LogP contribution in [0, 0.1) is 0 Å². The van der Waals surface area contributed by atoms with Gasteiger partial charge < -0.3 is 5.11 Å². The molecule has 3 rings (SSSR count). The van der Waals surface area contributed by atoms with Crippen molar-refractivity contribution in [2.24, 2.45) is 0 Å². The van der Waals surface area contributed by atoms with E-state index in [1.807, 2.05) is 48.7 Å². The molecule has 0 spiro atoms. The summed E-state index contributed by atoms with van der Waals surface area (Å²) in [6.45, 7) is 0. The van der Waals surface area contributed by atoms with Gasteiger partial charge in [0.25, 0.3) is 0 Å². The number of rotatable bonds is 1. The average molecular weight is 210 g/mol. The van der Waals surface area contributed by atoms with Crippen molar-refractivity contribution in [1.29, 1.82) is 0 Å². The van der Waals surface area contributed by atoms with Crippen LogP contribution in [-0.4, -0.2) is 14.7 Å². The van der Waals surface area contributed by atoms with Gasteiger partial charge in [-0.2, -0.15) is 5.10 Å². The van der Waals surface area contributed by atoms with Gasteiger partial charge in [-0.1, -0.05) is 30.3 Å². The van der Waals surface area contributed by atoms with E-state index in [1.54, 1.807) is 10.6 Å². The zero-order valence-electron chi connectivity index (χ0n) is 8.54. The molecule has 0 aliphatic heterocycles. The van der Waals surface area contributed by atoms with Crippen molar-refractivity contribution in [2.45, 2.75) is 0 Å². The average Bonchev–Trinajstić information content (AvgIpc) is 2.79. The molecule has 3 aromatic rings. The molecule has 0 saturated carbocycles. The highest BCUT2D eigenvalue weighted by molar-refractivity contribution is 5.67. The second-order valence-electron chi connectivity index (χ2n) is 3.62. The Bertz CT molecular complexity index is 629. The number of aromatic hydroxyl groups is 1. The SMILES string of the molecule is Oc1cc(-c2ccccc2)nn2cccc12. The van der Waals surface area contributed by atoms with E-state index in [-0.39, 0.29) is 5.75 Å². The lowest BCUT2D eigenvalue weighted by molar-refractivity contribution is 0.477. The van der Waals surface area contributed by atoms with E-state index >= 15 is 0 Å². The van der Waals surface area contributed by atoms with E-state index in [4.69, 9.17) is 0 Å². The fraction of sp³-hybridized carbons (Fsp3) is 0. The smallest absolute Gasteiger partial charge is 0.143 e. The third-order valence-electron chi connectivity index (χ3n) is 2.55. The first-order valence-electron chi connectivity index (χ1n) is 5.07. The predicted molar refractivity (Wildman–Crippen MR) is 62.3 cm³/mol. The number of hydrogen-bond donors (Lipinski definition) is 1. The van der Waals surface area contributed by atoms with Crippen LogP contribution in [0.1, 0.15) is 0 Å². The first-order chi connectivity index (χ1) is 7.84. The van der Waals surface area contributed by atoms with Gasteiger partial charge in [0.2, 0.25) is 0 Å². The van der Waals surface area contributed by atoms with Gasteiger partial charge in [-0.25, -0.2) is 4.52 Å². The molecular formula is C13H10N2O. The lowest BCUT2D eigenvalue weighted by atomic mass is 10.1. The molecule has 3 heteroatoms. The summed E-state index contributed by atoms with van der Waals surface area (Å²) < 4.78 is 1.68. The molecule has 0 aliphatic carbocycles. The molecular weight excluding hydrogens is 200 g/mol. The second-order valence-corrected chi connectivity index (χ2v) is 3.62. The number of nitrogens with zero attached hydrogens (tertiary/aromatic N) is 2. The van der Waals surface area contributed by atoms with Crippen LogP contribution in [0.4, 0.5) is 0 Å². The van der Waals surface area contributed by atoms with E-state index in [1.165, 1.54) is 0 Å². The Morgan fingerprint density at radius 2 is 1.81 bits per heavy atom. The first-order valence-corrected chi connectivity index (χ1v) is 5.07. The summed E-state index contributed by atoms with van der Waals surface area (Å²) in [5.74, 6) is 0.249. The summed E-state index contributed by atoms with van der Waals surface area (Å²) in [6, 6.07) is 15.2. The molecule has 0 amide bonds. The molecule has 16 heavy (non-hydrogen) atoms. The maximum atomic E-state index is 9.84. The minimum atomic E-state index is 0.249. The van der Waals surface area contributed by atoms with Gasteiger partial charge in [-0.15, -0.1) is 0 Å². The van der Waals surface area contributed by atoms with Crippen LogP contribution in [0.3, 0.4) is 0 Å². The van der Waals surface area contributed by atoms with E-state index in [9.17, 15) is 5.11 Å². The molecule has 0 unspecified atom stereocenters. The largest absolute Gasteiger partial charge is 0.506 e. The molecule has 3 nitrogen and oxygen atoms in total. The van der Waals surface area contributed by atoms with Gasteiger partial charge in [0.15, 0.2) is 0 Å². The van der Waals surface area contributed by atoms with Crippen molar-refractivity contribution in [3.8, 4) is 17.0 Å². The maximum Gasteiger partial charge on any atom is 0.143 e. The van der Waals surface area contributed by atoms with Crippen LogP contribution in [0.15, 0.2) is 54.7 Å². The maximum absolute atomic E-state index is 9.84. The lowest BCUT2D eigenvalue weighted by Crippen LogP contribution is -1.92. The van der Waals surface area contributed by atoms with Crippen molar-refractivity contribution >= 4 is 5.52 Å². The molecule has 1 N–H and O–H groups in total. The summed E-state index contributed by atoms with van der Waals surface area (Å²) in [7, 11) is 0. The van der Waals surface area contributed by atoms with Crippen LogP contribution in [0.2, 0.25) is 0 Å². The van der Waals surface area contributed by atoms with Gasteiger partial charge in [-0.3, -0.25) is 0 Å². The highest BCUT2D eigenvalue weighted by Crippen LogP contribution is 2.24. The highest BCUT2D eigenvalue weighted by Gasteiger charge is 2.05. The minimum Gasteiger partial charge on any atom is -0.506 e. The summed E-state index contributed by atoms with van der Waals surface area (Å²) in [5.41, 5.74) is 2.48. The summed E-state index contributed by atoms with van der Waals surface area (Å²) in [4.78, 5) is 0. The molecule has 0 aliphatic rings. The Morgan fingerprint density at radius 3 is 2.62 bits per heavy atom. The third kappa shape index (κ3) is 1.34. The van der Waals surface area contributed by atoms with E-state index in [0.29, 0.717) is 0 Å². The number of benzene rings is 1. The summed E-state index contributed by atoms with van der Waals surface area (Å²) >= 11 is 0. The van der Waals surface area contributed by atoms with Crippen molar-refractivity contribution < 1.29 is 5.11 Å². The summed E-state index contributed by atoms with van der Waals surface area (Å²) in [6.07, 6.45) is 1.82. The normalized spacial score (nSPS) is 10.8. The first kappa shape index (κ1) is 8.97. The fourth-order valence-corrected chi connectivity index (χ4v) is 1.76. The van der Waals surface area contributed by atoms with E-state index in [0.717, 1.165) is 16.8 Å². The lowest BCUT2D eigenvalue weighted by Gasteiger charge is -2.03. The topological polar surface area (TPSA) is 37.5 Å². The summed E-state index contributed by atoms with van der Waals surface area (Å²) in [5, 5.41) is 14.3. The van der Waals surface area contributed by atoms with Crippen molar-refractivity contribution in [1.82, 2.24) is 9.61 Å². The zero-order valence-corrected chi connectivity index (χ0v) is 8.54. The molecule has 2 aromatic heterocycles. The molecule has 0 radical (unpaired) electrons. The number of fused-ring (bicyclic) bond motifs is 1. The minimum absolute atomic E-state index is 0.249. The van der Waals surface area contributed by atoms with Gasteiger partial charge in [0.05, 0.1) is 5.69 Å². The standard InChI is InChI=1S/C13H10N2O/c16-13-9-11(10-5-2-1-3-6-10)14-15-8-4-7-12(13)15/h1-9,16H. The quantitative estimate of drug-likeness (QED) is 0.670. The Kier molecular flexibility index (Phi) is 1.90. The Morgan fingerprint density at radius 1 is 1.00 bits per heavy atom. The fourth-order valence-electron chi connectivity index (χ4n) is 1.76. The van der Waals surface area contributed by atoms with Gasteiger partial charge in [0, 0.05) is 17.8 Å². The molecule has 1 aromatic carbocycles. The van der Waals surface area contributed by atoms with Crippen LogP contribution >= 0.6 is 0 Å².